The van der Waals surface area contributed by atoms with Crippen molar-refractivity contribution in [2.24, 2.45) is 0 Å². The smallest absolute Gasteiger partial charge is 0.159 e. The number of aromatic nitrogens is 3. The maximum Gasteiger partial charge on any atom is 0.159 e. The predicted octanol–water partition coefficient (Wildman–Crippen LogP) is 2.36. The van der Waals surface area contributed by atoms with Gasteiger partial charge in [0, 0.05) is 23.3 Å². The van der Waals surface area contributed by atoms with Crippen LogP contribution in [-0.2, 0) is 0 Å². The zero-order chi connectivity index (χ0) is 8.39. The fraction of sp³-hybridized carbons (Fsp3) is 0. The second-order valence-corrected chi connectivity index (χ2v) is 4.25. The molecule has 5 heteroatoms. The van der Waals surface area contributed by atoms with Crippen LogP contribution in [0.1, 0.15) is 0 Å². The van der Waals surface area contributed by atoms with Crippen LogP contribution < -0.4 is 0 Å². The molecule has 0 radical (unpaired) electrons. The SMILES string of the molecule is Brc1nc(-c2cncnc2)cs1. The van der Waals surface area contributed by atoms with Crippen molar-refractivity contribution < 1.29 is 0 Å². The van der Waals surface area contributed by atoms with E-state index in [1.165, 1.54) is 6.33 Å². The topological polar surface area (TPSA) is 38.7 Å². The second-order valence-electron chi connectivity index (χ2n) is 2.11. The minimum absolute atomic E-state index is 0.876. The molecule has 0 atom stereocenters. The van der Waals surface area contributed by atoms with Crippen molar-refractivity contribution in [3.8, 4) is 11.3 Å². The molecule has 0 spiro atoms. The van der Waals surface area contributed by atoms with Gasteiger partial charge >= 0.3 is 0 Å². The van der Waals surface area contributed by atoms with E-state index in [-0.39, 0.29) is 0 Å². The molecule has 2 rings (SSSR count). The molecule has 0 aliphatic carbocycles. The second kappa shape index (κ2) is 3.28. The van der Waals surface area contributed by atoms with E-state index < -0.39 is 0 Å². The van der Waals surface area contributed by atoms with Crippen LogP contribution in [0.5, 0.6) is 0 Å². The molecule has 0 aliphatic heterocycles. The Labute approximate surface area is 81.7 Å². The molecule has 60 valence electrons. The number of hydrogen-bond acceptors (Lipinski definition) is 4. The van der Waals surface area contributed by atoms with Gasteiger partial charge in [-0.2, -0.15) is 0 Å². The molecular weight excluding hydrogens is 238 g/mol. The van der Waals surface area contributed by atoms with Crippen LogP contribution in [0.15, 0.2) is 28.0 Å². The van der Waals surface area contributed by atoms with Gasteiger partial charge in [-0.1, -0.05) is 0 Å². The molecule has 0 aliphatic rings. The Morgan fingerprint density at radius 3 is 2.58 bits per heavy atom. The fourth-order valence-electron chi connectivity index (χ4n) is 0.816. The molecule has 2 aromatic rings. The molecule has 0 amide bonds. The Hall–Kier alpha value is -0.810. The number of thiazole rings is 1. The normalized spacial score (nSPS) is 10.1. The molecule has 0 fully saturated rings. The average molecular weight is 242 g/mol. The van der Waals surface area contributed by atoms with E-state index in [9.17, 15) is 0 Å². The van der Waals surface area contributed by atoms with Gasteiger partial charge in [0.15, 0.2) is 3.92 Å². The minimum atomic E-state index is 0.876. The van der Waals surface area contributed by atoms with Gasteiger partial charge in [0.1, 0.15) is 6.33 Å². The molecule has 3 nitrogen and oxygen atoms in total. The molecule has 0 N–H and O–H groups in total. The van der Waals surface area contributed by atoms with E-state index >= 15 is 0 Å². The van der Waals surface area contributed by atoms with Crippen LogP contribution in [0.2, 0.25) is 0 Å². The molecule has 2 aromatic heterocycles. The van der Waals surface area contributed by atoms with Crippen LogP contribution >= 0.6 is 27.3 Å². The molecule has 0 aromatic carbocycles. The first-order chi connectivity index (χ1) is 5.86. The standard InChI is InChI=1S/C7H4BrN3S/c8-7-11-6(3-12-7)5-1-9-4-10-2-5/h1-4H. The molecule has 0 saturated carbocycles. The van der Waals surface area contributed by atoms with Gasteiger partial charge in [-0.05, 0) is 15.9 Å². The van der Waals surface area contributed by atoms with E-state index in [0.29, 0.717) is 0 Å². The average Bonchev–Trinajstić information content (AvgIpc) is 2.54. The Bertz CT molecular complexity index is 373. The zero-order valence-corrected chi connectivity index (χ0v) is 8.34. The van der Waals surface area contributed by atoms with Gasteiger partial charge in [-0.25, -0.2) is 15.0 Å². The minimum Gasteiger partial charge on any atom is -0.244 e. The largest absolute Gasteiger partial charge is 0.244 e. The third-order valence-corrected chi connectivity index (χ3v) is 2.70. The van der Waals surface area contributed by atoms with Gasteiger partial charge in [0.2, 0.25) is 0 Å². The van der Waals surface area contributed by atoms with E-state index in [2.05, 4.69) is 30.9 Å². The van der Waals surface area contributed by atoms with Gasteiger partial charge in [0.25, 0.3) is 0 Å². The Morgan fingerprint density at radius 2 is 2.00 bits per heavy atom. The van der Waals surface area contributed by atoms with Crippen LogP contribution in [0.3, 0.4) is 0 Å². The lowest BCUT2D eigenvalue weighted by Gasteiger charge is -1.91. The van der Waals surface area contributed by atoms with Crippen molar-refractivity contribution in [2.75, 3.05) is 0 Å². The van der Waals surface area contributed by atoms with Crippen molar-refractivity contribution in [1.29, 1.82) is 0 Å². The van der Waals surface area contributed by atoms with Gasteiger partial charge in [-0.15, -0.1) is 11.3 Å². The molecule has 12 heavy (non-hydrogen) atoms. The molecule has 0 unspecified atom stereocenters. The van der Waals surface area contributed by atoms with Gasteiger partial charge in [-0.3, -0.25) is 0 Å². The van der Waals surface area contributed by atoms with Gasteiger partial charge < -0.3 is 0 Å². The molecule has 0 saturated heterocycles. The van der Waals surface area contributed by atoms with Gasteiger partial charge in [0.05, 0.1) is 5.69 Å². The van der Waals surface area contributed by atoms with Crippen molar-refractivity contribution >= 4 is 27.3 Å². The third kappa shape index (κ3) is 1.51. The lowest BCUT2D eigenvalue weighted by molar-refractivity contribution is 1.16. The highest BCUT2D eigenvalue weighted by Crippen LogP contribution is 2.23. The number of halogens is 1. The highest BCUT2D eigenvalue weighted by atomic mass is 79.9. The monoisotopic (exact) mass is 241 g/mol. The van der Waals surface area contributed by atoms with E-state index in [1.807, 2.05) is 5.38 Å². The number of rotatable bonds is 1. The Kier molecular flexibility index (Phi) is 2.14. The highest BCUT2D eigenvalue weighted by Gasteiger charge is 2.01. The summed E-state index contributed by atoms with van der Waals surface area (Å²) < 4.78 is 0.876. The summed E-state index contributed by atoms with van der Waals surface area (Å²) in [5, 5.41) is 1.96. The summed E-state index contributed by atoms with van der Waals surface area (Å²) in [7, 11) is 0. The molecule has 2 heterocycles. The van der Waals surface area contributed by atoms with Crippen LogP contribution in [-0.4, -0.2) is 15.0 Å². The highest BCUT2D eigenvalue weighted by molar-refractivity contribution is 9.11. The summed E-state index contributed by atoms with van der Waals surface area (Å²) in [6.07, 6.45) is 4.99. The lowest BCUT2D eigenvalue weighted by Crippen LogP contribution is -1.80. The summed E-state index contributed by atoms with van der Waals surface area (Å²) in [6, 6.07) is 0. The third-order valence-electron chi connectivity index (χ3n) is 1.33. The molecular formula is C7H4BrN3S. The van der Waals surface area contributed by atoms with Crippen molar-refractivity contribution in [3.63, 3.8) is 0 Å². The summed E-state index contributed by atoms with van der Waals surface area (Å²) >= 11 is 4.85. The first kappa shape index (κ1) is 7.82. The first-order valence-corrected chi connectivity index (χ1v) is 4.90. The van der Waals surface area contributed by atoms with Crippen LogP contribution in [0, 0.1) is 0 Å². The molecule has 0 bridgehead atoms. The zero-order valence-electron chi connectivity index (χ0n) is 5.94. The number of hydrogen-bond donors (Lipinski definition) is 0. The van der Waals surface area contributed by atoms with E-state index in [1.54, 1.807) is 23.7 Å². The van der Waals surface area contributed by atoms with E-state index in [0.717, 1.165) is 15.2 Å². The summed E-state index contributed by atoms with van der Waals surface area (Å²) in [4.78, 5) is 12.1. The quantitative estimate of drug-likeness (QED) is 0.770. The Balaban J connectivity index is 2.45. The lowest BCUT2D eigenvalue weighted by atomic mass is 10.3. The predicted molar refractivity (Wildman–Crippen MR) is 50.8 cm³/mol. The Morgan fingerprint density at radius 1 is 1.25 bits per heavy atom. The van der Waals surface area contributed by atoms with E-state index in [4.69, 9.17) is 0 Å². The maximum absolute atomic E-state index is 4.24. The van der Waals surface area contributed by atoms with Crippen molar-refractivity contribution in [3.05, 3.63) is 28.0 Å². The summed E-state index contributed by atoms with van der Waals surface area (Å²) in [5.74, 6) is 0. The number of nitrogens with zero attached hydrogens (tertiary/aromatic N) is 3. The summed E-state index contributed by atoms with van der Waals surface area (Å²) in [5.41, 5.74) is 1.85. The van der Waals surface area contributed by atoms with Crippen LogP contribution in [0.4, 0.5) is 0 Å². The fourth-order valence-corrected chi connectivity index (χ4v) is 1.84. The summed E-state index contributed by atoms with van der Waals surface area (Å²) in [6.45, 7) is 0. The first-order valence-electron chi connectivity index (χ1n) is 3.22. The van der Waals surface area contributed by atoms with Crippen molar-refractivity contribution in [2.45, 2.75) is 0 Å². The van der Waals surface area contributed by atoms with Crippen molar-refractivity contribution in [1.82, 2.24) is 15.0 Å². The van der Waals surface area contributed by atoms with Crippen LogP contribution in [0.25, 0.3) is 11.3 Å². The maximum atomic E-state index is 4.24.